The Morgan fingerprint density at radius 1 is 0.961 bits per heavy atom. The number of esters is 1. The van der Waals surface area contributed by atoms with Crippen LogP contribution in [0.1, 0.15) is 95.9 Å². The second-order valence-electron chi connectivity index (χ2n) is 15.7. The lowest BCUT2D eigenvalue weighted by Gasteiger charge is -2.41. The summed E-state index contributed by atoms with van der Waals surface area (Å²) in [4.78, 5) is 40.9. The number of amides is 1. The van der Waals surface area contributed by atoms with Crippen molar-refractivity contribution in [3.63, 3.8) is 0 Å². The molecule has 4 aromatic rings. The van der Waals surface area contributed by atoms with Crippen LogP contribution in [-0.4, -0.2) is 67.2 Å². The Balaban J connectivity index is 1.10. The van der Waals surface area contributed by atoms with Gasteiger partial charge in [0.15, 0.2) is 0 Å². The third kappa shape index (κ3) is 8.93. The van der Waals surface area contributed by atoms with Gasteiger partial charge in [-0.3, -0.25) is 4.79 Å². The summed E-state index contributed by atoms with van der Waals surface area (Å²) in [7, 11) is 0. The Morgan fingerprint density at radius 2 is 1.65 bits per heavy atom. The highest BCUT2D eigenvalue weighted by molar-refractivity contribution is 8.00. The fourth-order valence-corrected chi connectivity index (χ4v) is 7.75. The van der Waals surface area contributed by atoms with Crippen molar-refractivity contribution >= 4 is 34.9 Å². The molecule has 2 aromatic heterocycles. The number of thioether (sulfide) groups is 1. The van der Waals surface area contributed by atoms with Gasteiger partial charge in [0.2, 0.25) is 0 Å². The summed E-state index contributed by atoms with van der Waals surface area (Å²) in [6.45, 7) is 9.90. The molecule has 0 bridgehead atoms. The van der Waals surface area contributed by atoms with Crippen molar-refractivity contribution in [2.24, 2.45) is 5.92 Å². The Bertz CT molecular complexity index is 1960. The number of H-pyrrole nitrogens is 2. The van der Waals surface area contributed by atoms with Crippen molar-refractivity contribution in [2.75, 3.05) is 18.1 Å². The standard InChI is InChI=1S/C39H45F2N5O4S/c1-36(2,3)49-33(47)28-9-7-8-27(28)32-42-19-31(44-32)26-15-12-24(13-16-26)10-11-25-14-17-29-30(18-25)46-34(45-29)38(22-51-23-38)20-39(40,41)21-43-35(48)50-37(4,5)6/h12-19,27-28H,7-9,20-23H2,1-6H3,(H,42,44)(H,43,48)(H,45,46). The van der Waals surface area contributed by atoms with E-state index in [0.29, 0.717) is 22.8 Å². The molecule has 1 saturated carbocycles. The maximum atomic E-state index is 15.1. The number of nitrogens with zero attached hydrogens (tertiary/aromatic N) is 2. The number of alkyl halides is 2. The highest BCUT2D eigenvalue weighted by Crippen LogP contribution is 2.47. The molecule has 2 atom stereocenters. The number of halogens is 2. The monoisotopic (exact) mass is 717 g/mol. The topological polar surface area (TPSA) is 122 Å². The molecule has 1 amide bonds. The fourth-order valence-electron chi connectivity index (χ4n) is 6.58. The summed E-state index contributed by atoms with van der Waals surface area (Å²) in [5.41, 5.74) is 2.72. The number of hydrogen-bond acceptors (Lipinski definition) is 7. The van der Waals surface area contributed by atoms with Crippen molar-refractivity contribution in [3.05, 3.63) is 71.4 Å². The third-order valence-electron chi connectivity index (χ3n) is 8.95. The summed E-state index contributed by atoms with van der Waals surface area (Å²) in [5, 5.41) is 2.21. The minimum atomic E-state index is -3.15. The minimum absolute atomic E-state index is 0.00855. The van der Waals surface area contributed by atoms with Crippen LogP contribution in [0, 0.1) is 17.8 Å². The zero-order chi connectivity index (χ0) is 36.6. The van der Waals surface area contributed by atoms with Crippen LogP contribution in [0.5, 0.6) is 0 Å². The van der Waals surface area contributed by atoms with Crippen molar-refractivity contribution in [1.82, 2.24) is 25.3 Å². The Morgan fingerprint density at radius 3 is 2.31 bits per heavy atom. The molecule has 1 aliphatic heterocycles. The number of fused-ring (bicyclic) bond motifs is 1. The zero-order valence-corrected chi connectivity index (χ0v) is 30.7. The van der Waals surface area contributed by atoms with Crippen molar-refractivity contribution in [1.29, 1.82) is 0 Å². The maximum Gasteiger partial charge on any atom is 0.407 e. The molecule has 1 saturated heterocycles. The number of benzene rings is 2. The summed E-state index contributed by atoms with van der Waals surface area (Å²) in [5.74, 6) is 5.25. The van der Waals surface area contributed by atoms with Crippen LogP contribution in [0.3, 0.4) is 0 Å². The molecule has 12 heteroatoms. The van der Waals surface area contributed by atoms with Crippen LogP contribution in [0.25, 0.3) is 22.3 Å². The van der Waals surface area contributed by atoms with Gasteiger partial charge in [-0.2, -0.15) is 11.8 Å². The molecule has 51 heavy (non-hydrogen) atoms. The Labute approximate surface area is 301 Å². The number of aromatic nitrogens is 4. The summed E-state index contributed by atoms with van der Waals surface area (Å²) in [6, 6.07) is 13.5. The second-order valence-corrected chi connectivity index (χ2v) is 16.7. The summed E-state index contributed by atoms with van der Waals surface area (Å²) >= 11 is 1.59. The third-order valence-corrected chi connectivity index (χ3v) is 10.5. The van der Waals surface area contributed by atoms with Gasteiger partial charge in [0.25, 0.3) is 5.92 Å². The van der Waals surface area contributed by atoms with Crippen LogP contribution in [0.4, 0.5) is 13.6 Å². The molecule has 3 heterocycles. The molecular weight excluding hydrogens is 673 g/mol. The Hall–Kier alpha value is -4.37. The lowest BCUT2D eigenvalue weighted by molar-refractivity contribution is -0.160. The molecule has 1 aliphatic carbocycles. The van der Waals surface area contributed by atoms with E-state index in [0.717, 1.165) is 53.0 Å². The molecule has 2 unspecified atom stereocenters. The second kappa shape index (κ2) is 14.0. The predicted octanol–water partition coefficient (Wildman–Crippen LogP) is 8.11. The van der Waals surface area contributed by atoms with Crippen molar-refractivity contribution in [3.8, 4) is 23.1 Å². The van der Waals surface area contributed by atoms with E-state index in [-0.39, 0.29) is 17.8 Å². The van der Waals surface area contributed by atoms with Gasteiger partial charge in [0.1, 0.15) is 22.9 Å². The van der Waals surface area contributed by atoms with Crippen molar-refractivity contribution < 1.29 is 27.8 Å². The smallest absolute Gasteiger partial charge is 0.407 e. The number of hydrogen-bond donors (Lipinski definition) is 3. The first-order valence-corrected chi connectivity index (χ1v) is 18.5. The Kier molecular flexibility index (Phi) is 9.98. The first-order valence-electron chi connectivity index (χ1n) is 17.3. The van der Waals surface area contributed by atoms with E-state index in [9.17, 15) is 9.59 Å². The van der Waals surface area contributed by atoms with Crippen LogP contribution >= 0.6 is 11.8 Å². The first kappa shape index (κ1) is 36.4. The molecule has 2 aliphatic rings. The number of carbonyl (C=O) groups is 2. The van der Waals surface area contributed by atoms with E-state index in [1.54, 1.807) is 32.5 Å². The van der Waals surface area contributed by atoms with E-state index in [1.165, 1.54) is 0 Å². The van der Waals surface area contributed by atoms with Crippen LogP contribution < -0.4 is 5.32 Å². The largest absolute Gasteiger partial charge is 0.460 e. The van der Waals surface area contributed by atoms with E-state index < -0.39 is 41.6 Å². The first-order chi connectivity index (χ1) is 24.0. The molecule has 270 valence electrons. The number of ether oxygens (including phenoxy) is 2. The zero-order valence-electron chi connectivity index (χ0n) is 29.9. The van der Waals surface area contributed by atoms with Crippen LogP contribution in [0.15, 0.2) is 48.7 Å². The molecular formula is C39H45F2N5O4S. The summed E-state index contributed by atoms with van der Waals surface area (Å²) in [6.07, 6.45) is 3.15. The average Bonchev–Trinajstić information content (AvgIpc) is 3.79. The maximum absolute atomic E-state index is 15.1. The van der Waals surface area contributed by atoms with Gasteiger partial charge in [-0.25, -0.2) is 23.5 Å². The van der Waals surface area contributed by atoms with Gasteiger partial charge < -0.3 is 24.8 Å². The number of aromatic amines is 2. The van der Waals surface area contributed by atoms with E-state index in [2.05, 4.69) is 32.1 Å². The number of carbonyl (C=O) groups excluding carboxylic acids is 2. The number of nitrogens with one attached hydrogen (secondary N) is 3. The van der Waals surface area contributed by atoms with Gasteiger partial charge in [-0.15, -0.1) is 0 Å². The van der Waals surface area contributed by atoms with Gasteiger partial charge >= 0.3 is 12.1 Å². The highest BCUT2D eigenvalue weighted by Gasteiger charge is 2.50. The molecule has 9 nitrogen and oxygen atoms in total. The lowest BCUT2D eigenvalue weighted by atomic mass is 9.83. The lowest BCUT2D eigenvalue weighted by Crippen LogP contribution is -2.49. The fraction of sp³-hybridized carbons (Fsp3) is 0.487. The van der Waals surface area contributed by atoms with E-state index in [1.807, 2.05) is 69.4 Å². The van der Waals surface area contributed by atoms with Crippen LogP contribution in [-0.2, 0) is 19.7 Å². The highest BCUT2D eigenvalue weighted by atomic mass is 32.2. The van der Waals surface area contributed by atoms with Gasteiger partial charge in [-0.1, -0.05) is 30.4 Å². The molecule has 2 fully saturated rings. The average molecular weight is 718 g/mol. The number of alkyl carbamates (subject to hydrolysis) is 1. The van der Waals surface area contributed by atoms with Gasteiger partial charge in [0.05, 0.1) is 40.8 Å². The summed E-state index contributed by atoms with van der Waals surface area (Å²) < 4.78 is 41.0. The quantitative estimate of drug-likeness (QED) is 0.124. The molecule has 3 N–H and O–H groups in total. The molecule has 0 spiro atoms. The van der Waals surface area contributed by atoms with Crippen molar-refractivity contribution in [2.45, 2.75) is 95.7 Å². The molecule has 2 aromatic carbocycles. The minimum Gasteiger partial charge on any atom is -0.460 e. The van der Waals surface area contributed by atoms with Gasteiger partial charge in [-0.05, 0) is 90.3 Å². The number of rotatable bonds is 8. The van der Waals surface area contributed by atoms with E-state index >= 15 is 8.78 Å². The van der Waals surface area contributed by atoms with Gasteiger partial charge in [0, 0.05) is 35.0 Å². The number of imidazole rings is 2. The molecule has 0 radical (unpaired) electrons. The SMILES string of the molecule is CC(C)(C)OC(=O)NCC(F)(F)CC1(c2nc3ccc(C#Cc4ccc(-c5cnc(C6CCCC6C(=O)OC(C)(C)C)[nH]5)cc4)cc3[nH]2)CSC1. The van der Waals surface area contributed by atoms with E-state index in [4.69, 9.17) is 14.5 Å². The normalized spacial score (nSPS) is 18.8. The molecule has 6 rings (SSSR count). The van der Waals surface area contributed by atoms with Crippen LogP contribution in [0.2, 0.25) is 0 Å². The predicted molar refractivity (Wildman–Crippen MR) is 195 cm³/mol.